The van der Waals surface area contributed by atoms with Crippen LogP contribution in [-0.4, -0.2) is 9.97 Å². The lowest BCUT2D eigenvalue weighted by Crippen LogP contribution is -2.11. The van der Waals surface area contributed by atoms with Crippen molar-refractivity contribution in [3.05, 3.63) is 52.2 Å². The highest BCUT2D eigenvalue weighted by atomic mass is 16.1. The van der Waals surface area contributed by atoms with Crippen LogP contribution in [0.1, 0.15) is 11.4 Å². The van der Waals surface area contributed by atoms with Gasteiger partial charge in [0.1, 0.15) is 6.07 Å². The summed E-state index contributed by atoms with van der Waals surface area (Å²) in [7, 11) is 0. The van der Waals surface area contributed by atoms with Crippen LogP contribution in [0.25, 0.3) is 11.1 Å². The highest BCUT2D eigenvalue weighted by Crippen LogP contribution is 2.15. The number of rotatable bonds is 1. The average molecular weight is 211 g/mol. The predicted molar refractivity (Wildman–Crippen MR) is 59.7 cm³/mol. The van der Waals surface area contributed by atoms with Gasteiger partial charge in [0.25, 0.3) is 5.56 Å². The number of aromatic amines is 1. The Kier molecular flexibility index (Phi) is 2.52. The van der Waals surface area contributed by atoms with Crippen LogP contribution in [0.4, 0.5) is 0 Å². The van der Waals surface area contributed by atoms with E-state index in [4.69, 9.17) is 5.26 Å². The van der Waals surface area contributed by atoms with Crippen LogP contribution in [0, 0.1) is 18.3 Å². The third-order valence-corrected chi connectivity index (χ3v) is 2.23. The molecule has 0 amide bonds. The van der Waals surface area contributed by atoms with E-state index >= 15 is 0 Å². The van der Waals surface area contributed by atoms with Crippen LogP contribution in [0.5, 0.6) is 0 Å². The molecule has 0 aliphatic heterocycles. The van der Waals surface area contributed by atoms with Gasteiger partial charge in [0.15, 0.2) is 0 Å². The molecule has 0 radical (unpaired) electrons. The van der Waals surface area contributed by atoms with E-state index in [0.717, 1.165) is 11.1 Å². The highest BCUT2D eigenvalue weighted by molar-refractivity contribution is 5.62. The molecule has 0 atom stereocenters. The molecule has 0 bridgehead atoms. The van der Waals surface area contributed by atoms with E-state index in [0.29, 0.717) is 5.56 Å². The van der Waals surface area contributed by atoms with Gasteiger partial charge in [-0.1, -0.05) is 29.8 Å². The molecule has 0 spiro atoms. The normalized spacial score (nSPS) is 9.75. The second kappa shape index (κ2) is 3.99. The summed E-state index contributed by atoms with van der Waals surface area (Å²) in [6.45, 7) is 1.95. The first kappa shape index (κ1) is 10.1. The number of nitrogens with zero attached hydrogens (tertiary/aromatic N) is 2. The maximum Gasteiger partial charge on any atom is 0.259 e. The van der Waals surface area contributed by atoms with E-state index in [9.17, 15) is 4.79 Å². The molecule has 0 fully saturated rings. The highest BCUT2D eigenvalue weighted by Gasteiger charge is 2.04. The lowest BCUT2D eigenvalue weighted by atomic mass is 10.1. The summed E-state index contributed by atoms with van der Waals surface area (Å²) in [4.78, 5) is 17.9. The molecule has 1 N–H and O–H groups in total. The second-order valence-corrected chi connectivity index (χ2v) is 3.46. The van der Waals surface area contributed by atoms with Crippen molar-refractivity contribution in [2.24, 2.45) is 0 Å². The molecule has 0 unspecified atom stereocenters. The summed E-state index contributed by atoms with van der Waals surface area (Å²) in [6.07, 6.45) is 1.42. The monoisotopic (exact) mass is 211 g/mol. The summed E-state index contributed by atoms with van der Waals surface area (Å²) in [5, 5.41) is 8.58. The molecule has 1 aromatic heterocycles. The Hall–Kier alpha value is -2.41. The Morgan fingerprint density at radius 1 is 1.44 bits per heavy atom. The van der Waals surface area contributed by atoms with E-state index in [-0.39, 0.29) is 11.4 Å². The van der Waals surface area contributed by atoms with E-state index in [1.54, 1.807) is 6.07 Å². The molecule has 1 heterocycles. The molecule has 16 heavy (non-hydrogen) atoms. The Morgan fingerprint density at radius 3 is 2.88 bits per heavy atom. The number of hydrogen-bond acceptors (Lipinski definition) is 3. The van der Waals surface area contributed by atoms with Gasteiger partial charge in [-0.3, -0.25) is 9.78 Å². The van der Waals surface area contributed by atoms with Crippen molar-refractivity contribution in [2.75, 3.05) is 0 Å². The second-order valence-electron chi connectivity index (χ2n) is 3.46. The molecule has 0 saturated heterocycles. The van der Waals surface area contributed by atoms with E-state index < -0.39 is 0 Å². The molecule has 4 nitrogen and oxygen atoms in total. The average Bonchev–Trinajstić information content (AvgIpc) is 2.28. The number of benzene rings is 1. The molecular weight excluding hydrogens is 202 g/mol. The number of H-pyrrole nitrogens is 1. The van der Waals surface area contributed by atoms with Crippen molar-refractivity contribution in [3.8, 4) is 17.2 Å². The van der Waals surface area contributed by atoms with Crippen molar-refractivity contribution in [1.82, 2.24) is 9.97 Å². The third-order valence-electron chi connectivity index (χ3n) is 2.23. The fourth-order valence-electron chi connectivity index (χ4n) is 1.47. The van der Waals surface area contributed by atoms with E-state index in [1.165, 1.54) is 6.20 Å². The van der Waals surface area contributed by atoms with Crippen LogP contribution in [-0.2, 0) is 0 Å². The molecule has 78 valence electrons. The molecule has 0 saturated carbocycles. The van der Waals surface area contributed by atoms with Crippen molar-refractivity contribution in [1.29, 1.82) is 5.26 Å². The minimum absolute atomic E-state index is 0.0291. The van der Waals surface area contributed by atoms with Gasteiger partial charge in [-0.25, -0.2) is 4.98 Å². The van der Waals surface area contributed by atoms with Crippen LogP contribution < -0.4 is 5.56 Å². The largest absolute Gasteiger partial charge is 0.298 e. The molecule has 1 aromatic carbocycles. The zero-order chi connectivity index (χ0) is 11.5. The smallest absolute Gasteiger partial charge is 0.259 e. The SMILES string of the molecule is Cc1cccc(-c2cnc(C#N)[nH]c2=O)c1. The van der Waals surface area contributed by atoms with Crippen LogP contribution in [0.15, 0.2) is 35.3 Å². The van der Waals surface area contributed by atoms with Crippen molar-refractivity contribution in [2.45, 2.75) is 6.92 Å². The van der Waals surface area contributed by atoms with Gasteiger partial charge in [0, 0.05) is 6.20 Å². The van der Waals surface area contributed by atoms with Gasteiger partial charge >= 0.3 is 0 Å². The number of aromatic nitrogens is 2. The predicted octanol–water partition coefficient (Wildman–Crippen LogP) is 1.62. The first-order valence-corrected chi connectivity index (χ1v) is 4.77. The Morgan fingerprint density at radius 2 is 2.25 bits per heavy atom. The molecule has 2 aromatic rings. The van der Waals surface area contributed by atoms with Gasteiger partial charge in [-0.05, 0) is 12.5 Å². The van der Waals surface area contributed by atoms with Gasteiger partial charge in [-0.15, -0.1) is 0 Å². The van der Waals surface area contributed by atoms with Crippen molar-refractivity contribution >= 4 is 0 Å². The zero-order valence-corrected chi connectivity index (χ0v) is 8.69. The fraction of sp³-hybridized carbons (Fsp3) is 0.0833. The van der Waals surface area contributed by atoms with Crippen molar-refractivity contribution < 1.29 is 0 Å². The number of aryl methyl sites for hydroxylation is 1. The Labute approximate surface area is 92.2 Å². The van der Waals surface area contributed by atoms with Crippen LogP contribution in [0.2, 0.25) is 0 Å². The standard InChI is InChI=1S/C12H9N3O/c1-8-3-2-4-9(5-8)10-7-14-11(6-13)15-12(10)16/h2-5,7H,1H3,(H,14,15,16). The third kappa shape index (κ3) is 1.84. The van der Waals surface area contributed by atoms with Crippen LogP contribution in [0.3, 0.4) is 0 Å². The summed E-state index contributed by atoms with van der Waals surface area (Å²) < 4.78 is 0. The lowest BCUT2D eigenvalue weighted by Gasteiger charge is -2.01. The van der Waals surface area contributed by atoms with E-state index in [2.05, 4.69) is 9.97 Å². The number of nitriles is 1. The van der Waals surface area contributed by atoms with Gasteiger partial charge in [0.05, 0.1) is 5.56 Å². The van der Waals surface area contributed by atoms with Gasteiger partial charge < -0.3 is 0 Å². The molecule has 0 aliphatic carbocycles. The Bertz CT molecular complexity index is 623. The maximum atomic E-state index is 11.7. The van der Waals surface area contributed by atoms with Gasteiger partial charge in [0.2, 0.25) is 5.82 Å². The topological polar surface area (TPSA) is 69.5 Å². The summed E-state index contributed by atoms with van der Waals surface area (Å²) in [5.41, 5.74) is 2.05. The molecular formula is C12H9N3O. The first-order valence-electron chi connectivity index (χ1n) is 4.77. The Balaban J connectivity index is 2.58. The van der Waals surface area contributed by atoms with Crippen molar-refractivity contribution in [3.63, 3.8) is 0 Å². The summed E-state index contributed by atoms with van der Waals surface area (Å²) in [5.74, 6) is 0.0291. The van der Waals surface area contributed by atoms with Crippen LogP contribution >= 0.6 is 0 Å². The fourth-order valence-corrected chi connectivity index (χ4v) is 1.47. The zero-order valence-electron chi connectivity index (χ0n) is 8.69. The molecule has 2 rings (SSSR count). The first-order chi connectivity index (χ1) is 7.70. The molecule has 4 heteroatoms. The summed E-state index contributed by atoms with van der Waals surface area (Å²) >= 11 is 0. The minimum Gasteiger partial charge on any atom is -0.298 e. The number of nitrogens with one attached hydrogen (secondary N) is 1. The van der Waals surface area contributed by atoms with Gasteiger partial charge in [-0.2, -0.15) is 5.26 Å². The van der Waals surface area contributed by atoms with E-state index in [1.807, 2.05) is 31.2 Å². The minimum atomic E-state index is -0.294. The molecule has 0 aliphatic rings. The quantitative estimate of drug-likeness (QED) is 0.779. The summed E-state index contributed by atoms with van der Waals surface area (Å²) in [6, 6.07) is 9.36. The number of hydrogen-bond donors (Lipinski definition) is 1. The maximum absolute atomic E-state index is 11.7. The lowest BCUT2D eigenvalue weighted by molar-refractivity contribution is 1.08.